The van der Waals surface area contributed by atoms with Gasteiger partial charge in [-0.05, 0) is 122 Å². The summed E-state index contributed by atoms with van der Waals surface area (Å²) in [4.78, 5) is 20.7. The Morgan fingerprint density at radius 3 is 2.04 bits per heavy atom. The van der Waals surface area contributed by atoms with E-state index in [4.69, 9.17) is 19.2 Å². The standard InChI is InChI=1S/C38H30Br2N2O4S/c1-2-44-34-22-27(18-19-33(34)45-24-26-12-6-3-7-13-26)25-46-36-31(39)20-28(21-32(36)40)23-35-37(43)42(30-16-10-5-11-17-30)38(47-35)41-29-14-8-4-9-15-29/h3-23H,2,24-25H2,1H3/b35-23+,41-38?. The van der Waals surface area contributed by atoms with Crippen LogP contribution in [0.25, 0.3) is 6.08 Å². The van der Waals surface area contributed by atoms with Crippen LogP contribution in [0.3, 0.4) is 0 Å². The highest BCUT2D eigenvalue weighted by Gasteiger charge is 2.34. The molecule has 9 heteroatoms. The van der Waals surface area contributed by atoms with E-state index in [1.54, 1.807) is 4.90 Å². The van der Waals surface area contributed by atoms with Gasteiger partial charge in [0.15, 0.2) is 16.7 Å². The number of nitrogens with zero attached hydrogens (tertiary/aromatic N) is 2. The molecule has 47 heavy (non-hydrogen) atoms. The van der Waals surface area contributed by atoms with Crippen LogP contribution in [-0.2, 0) is 18.0 Å². The van der Waals surface area contributed by atoms with E-state index in [2.05, 4.69) is 31.9 Å². The van der Waals surface area contributed by atoms with E-state index in [1.807, 2.05) is 134 Å². The van der Waals surface area contributed by atoms with Crippen LogP contribution in [0.1, 0.15) is 23.6 Å². The Hall–Kier alpha value is -4.31. The highest BCUT2D eigenvalue weighted by molar-refractivity contribution is 9.11. The molecule has 5 aromatic rings. The van der Waals surface area contributed by atoms with E-state index in [0.29, 0.717) is 47.1 Å². The van der Waals surface area contributed by atoms with Crippen LogP contribution in [0.4, 0.5) is 11.4 Å². The van der Waals surface area contributed by atoms with Gasteiger partial charge in [-0.3, -0.25) is 9.69 Å². The number of hydrogen-bond donors (Lipinski definition) is 0. The van der Waals surface area contributed by atoms with E-state index in [1.165, 1.54) is 11.8 Å². The molecular weight excluding hydrogens is 740 g/mol. The van der Waals surface area contributed by atoms with E-state index in [9.17, 15) is 4.79 Å². The van der Waals surface area contributed by atoms with Crippen LogP contribution >= 0.6 is 43.6 Å². The maximum absolute atomic E-state index is 13.7. The van der Waals surface area contributed by atoms with Crippen molar-refractivity contribution in [3.8, 4) is 17.2 Å². The van der Waals surface area contributed by atoms with Crippen LogP contribution in [0.5, 0.6) is 17.2 Å². The Bertz CT molecular complexity index is 1900. The number of aliphatic imine (C=N–C) groups is 1. The molecular formula is C38H30Br2N2O4S. The van der Waals surface area contributed by atoms with Gasteiger partial charge >= 0.3 is 0 Å². The van der Waals surface area contributed by atoms with E-state index in [0.717, 1.165) is 37.0 Å². The number of amidine groups is 1. The van der Waals surface area contributed by atoms with Crippen molar-refractivity contribution in [2.75, 3.05) is 11.5 Å². The highest BCUT2D eigenvalue weighted by atomic mass is 79.9. The quantitative estimate of drug-likeness (QED) is 0.125. The number of rotatable bonds is 11. The van der Waals surface area contributed by atoms with Crippen LogP contribution in [0.15, 0.2) is 140 Å². The number of ether oxygens (including phenoxy) is 3. The molecule has 0 saturated carbocycles. The maximum Gasteiger partial charge on any atom is 0.271 e. The lowest BCUT2D eigenvalue weighted by Gasteiger charge is -2.15. The predicted octanol–water partition coefficient (Wildman–Crippen LogP) is 10.6. The fourth-order valence-electron chi connectivity index (χ4n) is 4.84. The minimum atomic E-state index is -0.134. The molecule has 1 aliphatic rings. The molecule has 0 N–H and O–H groups in total. The topological polar surface area (TPSA) is 60.4 Å². The average Bonchev–Trinajstić information content (AvgIpc) is 3.38. The summed E-state index contributed by atoms with van der Waals surface area (Å²) in [6.07, 6.45) is 1.87. The zero-order chi connectivity index (χ0) is 32.6. The number of amides is 1. The van der Waals surface area contributed by atoms with E-state index in [-0.39, 0.29) is 5.91 Å². The van der Waals surface area contributed by atoms with Gasteiger partial charge in [-0.1, -0.05) is 72.8 Å². The Morgan fingerprint density at radius 2 is 1.36 bits per heavy atom. The number of halogens is 2. The molecule has 0 aromatic heterocycles. The minimum absolute atomic E-state index is 0.134. The van der Waals surface area contributed by atoms with Gasteiger partial charge in [0.05, 0.1) is 31.8 Å². The Kier molecular flexibility index (Phi) is 10.8. The molecule has 0 radical (unpaired) electrons. The van der Waals surface area contributed by atoms with Crippen molar-refractivity contribution in [1.29, 1.82) is 0 Å². The van der Waals surface area contributed by atoms with Crippen molar-refractivity contribution < 1.29 is 19.0 Å². The number of anilines is 1. The van der Waals surface area contributed by atoms with Crippen LogP contribution < -0.4 is 19.1 Å². The Labute approximate surface area is 295 Å². The van der Waals surface area contributed by atoms with Crippen molar-refractivity contribution in [2.24, 2.45) is 4.99 Å². The van der Waals surface area contributed by atoms with Crippen molar-refractivity contribution in [2.45, 2.75) is 20.1 Å². The first-order chi connectivity index (χ1) is 23.0. The summed E-state index contributed by atoms with van der Waals surface area (Å²) >= 11 is 8.71. The average molecular weight is 771 g/mol. The van der Waals surface area contributed by atoms with Crippen molar-refractivity contribution in [3.05, 3.63) is 152 Å². The zero-order valence-corrected chi connectivity index (χ0v) is 29.4. The summed E-state index contributed by atoms with van der Waals surface area (Å²) in [5.41, 5.74) is 4.39. The first-order valence-electron chi connectivity index (χ1n) is 15.0. The normalized spacial score (nSPS) is 14.5. The lowest BCUT2D eigenvalue weighted by atomic mass is 10.2. The van der Waals surface area contributed by atoms with Gasteiger partial charge in [-0.25, -0.2) is 4.99 Å². The second-order valence-corrected chi connectivity index (χ2v) is 13.1. The summed E-state index contributed by atoms with van der Waals surface area (Å²) in [6.45, 7) is 3.23. The molecule has 1 fully saturated rings. The van der Waals surface area contributed by atoms with Gasteiger partial charge in [0.25, 0.3) is 5.91 Å². The number of carbonyl (C=O) groups excluding carboxylic acids is 1. The molecule has 1 heterocycles. The molecule has 1 saturated heterocycles. The molecule has 6 nitrogen and oxygen atoms in total. The van der Waals surface area contributed by atoms with Crippen LogP contribution in [0.2, 0.25) is 0 Å². The summed E-state index contributed by atoms with van der Waals surface area (Å²) < 4.78 is 19.7. The third-order valence-electron chi connectivity index (χ3n) is 7.05. The Balaban J connectivity index is 1.19. The summed E-state index contributed by atoms with van der Waals surface area (Å²) in [6, 6.07) is 38.9. The maximum atomic E-state index is 13.7. The largest absolute Gasteiger partial charge is 0.490 e. The number of hydrogen-bond acceptors (Lipinski definition) is 6. The fourth-order valence-corrected chi connectivity index (χ4v) is 7.29. The lowest BCUT2D eigenvalue weighted by molar-refractivity contribution is -0.113. The molecule has 0 aliphatic carbocycles. The third-order valence-corrected chi connectivity index (χ3v) is 9.20. The summed E-state index contributed by atoms with van der Waals surface area (Å²) in [5, 5.41) is 0.597. The van der Waals surface area contributed by atoms with Gasteiger partial charge < -0.3 is 14.2 Å². The predicted molar refractivity (Wildman–Crippen MR) is 198 cm³/mol. The molecule has 0 atom stereocenters. The SMILES string of the molecule is CCOc1cc(COc2c(Br)cc(/C=C3/SC(=Nc4ccccc4)N(c4ccccc4)C3=O)cc2Br)ccc1OCc1ccccc1. The monoisotopic (exact) mass is 768 g/mol. The number of benzene rings is 5. The molecule has 5 aromatic carbocycles. The number of carbonyl (C=O) groups is 1. The second-order valence-electron chi connectivity index (χ2n) is 10.4. The van der Waals surface area contributed by atoms with E-state index >= 15 is 0 Å². The van der Waals surface area contributed by atoms with Crippen LogP contribution in [0, 0.1) is 0 Å². The Morgan fingerprint density at radius 1 is 0.723 bits per heavy atom. The first-order valence-corrected chi connectivity index (χ1v) is 17.4. The molecule has 1 aliphatic heterocycles. The van der Waals surface area contributed by atoms with Gasteiger partial charge in [0.2, 0.25) is 0 Å². The van der Waals surface area contributed by atoms with Crippen molar-refractivity contribution >= 4 is 72.1 Å². The third kappa shape index (κ3) is 8.16. The number of thioether (sulfide) groups is 1. The van der Waals surface area contributed by atoms with Gasteiger partial charge in [-0.2, -0.15) is 0 Å². The molecule has 6 rings (SSSR count). The molecule has 236 valence electrons. The van der Waals surface area contributed by atoms with Crippen LogP contribution in [-0.4, -0.2) is 17.7 Å². The van der Waals surface area contributed by atoms with Crippen molar-refractivity contribution in [1.82, 2.24) is 0 Å². The molecule has 0 unspecified atom stereocenters. The van der Waals surface area contributed by atoms with Gasteiger partial charge in [0.1, 0.15) is 19.0 Å². The molecule has 0 spiro atoms. The second kappa shape index (κ2) is 15.5. The number of para-hydroxylation sites is 2. The van der Waals surface area contributed by atoms with E-state index < -0.39 is 0 Å². The fraction of sp³-hybridized carbons (Fsp3) is 0.105. The summed E-state index contributed by atoms with van der Waals surface area (Å²) in [5.74, 6) is 1.87. The smallest absolute Gasteiger partial charge is 0.271 e. The minimum Gasteiger partial charge on any atom is -0.490 e. The zero-order valence-electron chi connectivity index (χ0n) is 25.4. The van der Waals surface area contributed by atoms with Gasteiger partial charge in [-0.15, -0.1) is 0 Å². The van der Waals surface area contributed by atoms with Gasteiger partial charge in [0, 0.05) is 0 Å². The molecule has 1 amide bonds. The summed E-state index contributed by atoms with van der Waals surface area (Å²) in [7, 11) is 0. The van der Waals surface area contributed by atoms with Crippen molar-refractivity contribution in [3.63, 3.8) is 0 Å². The molecule has 0 bridgehead atoms. The lowest BCUT2D eigenvalue weighted by Crippen LogP contribution is -2.28. The first kappa shape index (κ1) is 32.6. The highest BCUT2D eigenvalue weighted by Crippen LogP contribution is 2.40.